The van der Waals surface area contributed by atoms with Gasteiger partial charge in [0.05, 0.1) is 17.6 Å². The van der Waals surface area contributed by atoms with Gasteiger partial charge in [-0.2, -0.15) is 0 Å². The highest BCUT2D eigenvalue weighted by molar-refractivity contribution is 7.10. The van der Waals surface area contributed by atoms with Crippen LogP contribution in [0, 0.1) is 10.1 Å². The van der Waals surface area contributed by atoms with Crippen molar-refractivity contribution in [1.29, 1.82) is 0 Å². The van der Waals surface area contributed by atoms with E-state index in [0.717, 1.165) is 6.42 Å². The molecule has 0 fully saturated rings. The van der Waals surface area contributed by atoms with Crippen LogP contribution in [0.5, 0.6) is 5.75 Å². The summed E-state index contributed by atoms with van der Waals surface area (Å²) in [7, 11) is 0. The van der Waals surface area contributed by atoms with E-state index in [-0.39, 0.29) is 23.4 Å². The monoisotopic (exact) mass is 346 g/mol. The van der Waals surface area contributed by atoms with Crippen LogP contribution in [0.3, 0.4) is 0 Å². The summed E-state index contributed by atoms with van der Waals surface area (Å²) in [5.41, 5.74) is 1.30. The van der Waals surface area contributed by atoms with Gasteiger partial charge in [-0.25, -0.2) is 0 Å². The predicted octanol–water partition coefficient (Wildman–Crippen LogP) is 3.81. The van der Waals surface area contributed by atoms with Gasteiger partial charge in [0.25, 0.3) is 5.91 Å². The van der Waals surface area contributed by atoms with Crippen LogP contribution in [0.4, 0.5) is 5.69 Å². The van der Waals surface area contributed by atoms with E-state index >= 15 is 0 Å². The standard InChI is InChI=1S/C17H18N2O4S/c1-3-23-15-5-4-12(10-14(15)19(21)22)17(20)18-8-6-16-13(11(18)2)7-9-24-16/h4-5,7,9-11H,3,6,8H2,1-2H3/t11-/m1/s1. The smallest absolute Gasteiger partial charge is 0.311 e. The lowest BCUT2D eigenvalue weighted by molar-refractivity contribution is -0.385. The van der Waals surface area contributed by atoms with Crippen LogP contribution in [0.1, 0.15) is 40.7 Å². The number of carbonyl (C=O) groups is 1. The molecule has 0 bridgehead atoms. The fourth-order valence-electron chi connectivity index (χ4n) is 3.02. The summed E-state index contributed by atoms with van der Waals surface area (Å²) in [6.07, 6.45) is 0.822. The first-order valence-corrected chi connectivity index (χ1v) is 8.69. The summed E-state index contributed by atoms with van der Waals surface area (Å²) in [5.74, 6) is -0.00337. The molecule has 0 radical (unpaired) electrons. The van der Waals surface area contributed by atoms with Crippen LogP contribution >= 0.6 is 11.3 Å². The van der Waals surface area contributed by atoms with E-state index in [1.165, 1.54) is 22.6 Å². The van der Waals surface area contributed by atoms with Crippen LogP contribution in [-0.2, 0) is 6.42 Å². The Morgan fingerprint density at radius 2 is 2.25 bits per heavy atom. The van der Waals surface area contributed by atoms with Gasteiger partial charge >= 0.3 is 5.69 Å². The molecule has 6 nitrogen and oxygen atoms in total. The number of rotatable bonds is 4. The Morgan fingerprint density at radius 3 is 2.96 bits per heavy atom. The topological polar surface area (TPSA) is 72.7 Å². The van der Waals surface area contributed by atoms with Crippen LogP contribution in [0.15, 0.2) is 29.6 Å². The fourth-order valence-corrected chi connectivity index (χ4v) is 3.99. The quantitative estimate of drug-likeness (QED) is 0.623. The Kier molecular flexibility index (Phi) is 4.53. The highest BCUT2D eigenvalue weighted by Crippen LogP contribution is 2.35. The molecule has 1 atom stereocenters. The average Bonchev–Trinajstić information content (AvgIpc) is 3.04. The number of amides is 1. The average molecular weight is 346 g/mol. The summed E-state index contributed by atoms with van der Waals surface area (Å²) in [6.45, 7) is 4.70. The van der Waals surface area contributed by atoms with Crippen molar-refractivity contribution in [2.24, 2.45) is 0 Å². The van der Waals surface area contributed by atoms with Gasteiger partial charge in [0.2, 0.25) is 0 Å². The van der Waals surface area contributed by atoms with E-state index in [0.29, 0.717) is 18.7 Å². The molecule has 0 spiro atoms. The molecule has 0 saturated heterocycles. The summed E-state index contributed by atoms with van der Waals surface area (Å²) >= 11 is 1.71. The molecule has 0 aliphatic carbocycles. The van der Waals surface area contributed by atoms with Crippen molar-refractivity contribution in [2.45, 2.75) is 26.3 Å². The van der Waals surface area contributed by atoms with E-state index in [1.54, 1.807) is 29.2 Å². The van der Waals surface area contributed by atoms with Gasteiger partial charge in [-0.3, -0.25) is 14.9 Å². The minimum atomic E-state index is -0.515. The molecular formula is C17H18N2O4S. The van der Waals surface area contributed by atoms with E-state index in [2.05, 4.69) is 0 Å². The summed E-state index contributed by atoms with van der Waals surface area (Å²) in [5, 5.41) is 13.3. The highest BCUT2D eigenvalue weighted by atomic mass is 32.1. The van der Waals surface area contributed by atoms with Gasteiger partial charge in [-0.1, -0.05) is 0 Å². The molecule has 0 unspecified atom stereocenters. The minimum absolute atomic E-state index is 0.0295. The van der Waals surface area contributed by atoms with E-state index in [9.17, 15) is 14.9 Å². The Morgan fingerprint density at radius 1 is 1.46 bits per heavy atom. The van der Waals surface area contributed by atoms with Crippen molar-refractivity contribution in [3.8, 4) is 5.75 Å². The lowest BCUT2D eigenvalue weighted by Gasteiger charge is -2.33. The number of nitro groups is 1. The Bertz CT molecular complexity index is 787. The second-order valence-electron chi connectivity index (χ2n) is 5.60. The van der Waals surface area contributed by atoms with Crippen molar-refractivity contribution < 1.29 is 14.5 Å². The zero-order valence-electron chi connectivity index (χ0n) is 13.5. The molecular weight excluding hydrogens is 328 g/mol. The van der Waals surface area contributed by atoms with Gasteiger partial charge in [-0.05, 0) is 49.4 Å². The first kappa shape index (κ1) is 16.4. The number of fused-ring (bicyclic) bond motifs is 1. The molecule has 126 valence electrons. The van der Waals surface area contributed by atoms with Gasteiger partial charge in [-0.15, -0.1) is 11.3 Å². The third-order valence-corrected chi connectivity index (χ3v) is 5.24. The largest absolute Gasteiger partial charge is 0.487 e. The second-order valence-corrected chi connectivity index (χ2v) is 6.60. The molecule has 0 saturated carbocycles. The third kappa shape index (κ3) is 2.87. The maximum Gasteiger partial charge on any atom is 0.311 e. The van der Waals surface area contributed by atoms with Gasteiger partial charge in [0.1, 0.15) is 0 Å². The molecule has 0 N–H and O–H groups in total. The van der Waals surface area contributed by atoms with Crippen molar-refractivity contribution in [2.75, 3.05) is 13.2 Å². The van der Waals surface area contributed by atoms with Crippen LogP contribution in [0.2, 0.25) is 0 Å². The molecule has 3 rings (SSSR count). The summed E-state index contributed by atoms with van der Waals surface area (Å²) < 4.78 is 5.27. The lowest BCUT2D eigenvalue weighted by atomic mass is 10.00. The molecule has 2 aromatic rings. The van der Waals surface area contributed by atoms with E-state index < -0.39 is 4.92 Å². The van der Waals surface area contributed by atoms with Crippen molar-refractivity contribution >= 4 is 22.9 Å². The Balaban J connectivity index is 1.90. The normalized spacial score (nSPS) is 16.6. The zero-order valence-corrected chi connectivity index (χ0v) is 14.3. The number of hydrogen-bond acceptors (Lipinski definition) is 5. The molecule has 1 aromatic carbocycles. The number of thiophene rings is 1. The maximum atomic E-state index is 12.9. The number of hydrogen-bond donors (Lipinski definition) is 0. The Hall–Kier alpha value is -2.41. The van der Waals surface area contributed by atoms with Gasteiger partial charge in [0, 0.05) is 23.1 Å². The number of nitro benzene ring substituents is 1. The predicted molar refractivity (Wildman–Crippen MR) is 91.7 cm³/mol. The molecule has 1 aliphatic rings. The first-order chi connectivity index (χ1) is 11.5. The summed E-state index contributed by atoms with van der Waals surface area (Å²) in [6, 6.07) is 6.42. The molecule has 1 aliphatic heterocycles. The first-order valence-electron chi connectivity index (χ1n) is 7.81. The summed E-state index contributed by atoms with van der Waals surface area (Å²) in [4.78, 5) is 26.7. The van der Waals surface area contributed by atoms with Crippen molar-refractivity contribution in [3.63, 3.8) is 0 Å². The lowest BCUT2D eigenvalue weighted by Crippen LogP contribution is -2.38. The van der Waals surface area contributed by atoms with E-state index in [4.69, 9.17) is 4.74 Å². The SMILES string of the molecule is CCOc1ccc(C(=O)N2CCc3sccc3[C@H]2C)cc1[N+](=O)[O-]. The van der Waals surface area contributed by atoms with Crippen molar-refractivity contribution in [3.05, 3.63) is 55.8 Å². The second kappa shape index (κ2) is 6.60. The van der Waals surface area contributed by atoms with Gasteiger partial charge in [0.15, 0.2) is 5.75 Å². The number of ether oxygens (including phenoxy) is 1. The number of benzene rings is 1. The minimum Gasteiger partial charge on any atom is -0.487 e. The van der Waals surface area contributed by atoms with Gasteiger partial charge < -0.3 is 9.64 Å². The maximum absolute atomic E-state index is 12.9. The van der Waals surface area contributed by atoms with Crippen LogP contribution in [0.25, 0.3) is 0 Å². The number of carbonyl (C=O) groups excluding carboxylic acids is 1. The van der Waals surface area contributed by atoms with Crippen molar-refractivity contribution in [1.82, 2.24) is 4.90 Å². The highest BCUT2D eigenvalue weighted by Gasteiger charge is 2.30. The Labute approximate surface area is 143 Å². The third-order valence-electron chi connectivity index (χ3n) is 4.24. The fraction of sp³-hybridized carbons (Fsp3) is 0.353. The van der Waals surface area contributed by atoms with Crippen LogP contribution < -0.4 is 4.74 Å². The van der Waals surface area contributed by atoms with E-state index in [1.807, 2.05) is 18.4 Å². The molecule has 1 aromatic heterocycles. The molecule has 2 heterocycles. The zero-order chi connectivity index (χ0) is 17.3. The van der Waals surface area contributed by atoms with Crippen LogP contribution in [-0.4, -0.2) is 28.9 Å². The molecule has 24 heavy (non-hydrogen) atoms. The molecule has 1 amide bonds. The number of nitrogens with zero attached hydrogens (tertiary/aromatic N) is 2. The molecule has 7 heteroatoms.